The Morgan fingerprint density at radius 2 is 2.04 bits per heavy atom. The van der Waals surface area contributed by atoms with Crippen LogP contribution in [0.4, 0.5) is 4.79 Å². The van der Waals surface area contributed by atoms with Crippen LogP contribution in [-0.4, -0.2) is 52.8 Å². The number of benzene rings is 1. The van der Waals surface area contributed by atoms with E-state index in [1.165, 1.54) is 4.90 Å². The van der Waals surface area contributed by atoms with Crippen molar-refractivity contribution in [2.75, 3.05) is 20.1 Å². The number of rotatable bonds is 4. The molecule has 2 heterocycles. The van der Waals surface area contributed by atoms with E-state index in [0.717, 1.165) is 21.5 Å². The zero-order valence-corrected chi connectivity index (χ0v) is 12.7. The van der Waals surface area contributed by atoms with Gasteiger partial charge in [-0.1, -0.05) is 24.3 Å². The van der Waals surface area contributed by atoms with Crippen LogP contribution in [0.5, 0.6) is 0 Å². The Labute approximate surface area is 132 Å². The summed E-state index contributed by atoms with van der Waals surface area (Å²) in [5.41, 5.74) is 1.61. The topological polar surface area (TPSA) is 82.6 Å². The second-order valence-electron chi connectivity index (χ2n) is 5.38. The zero-order chi connectivity index (χ0) is 16.4. The van der Waals surface area contributed by atoms with Gasteiger partial charge in [-0.2, -0.15) is 0 Å². The smallest absolute Gasteiger partial charge is 0.325 e. The van der Waals surface area contributed by atoms with Gasteiger partial charge in [-0.25, -0.2) is 4.79 Å². The molecular weight excluding hydrogens is 296 g/mol. The molecule has 0 saturated carbocycles. The number of carbonyl (C=O) groups excluding carboxylic acids is 3. The molecular formula is C16H16N4O3. The van der Waals surface area contributed by atoms with E-state index in [9.17, 15) is 14.4 Å². The minimum absolute atomic E-state index is 0.0535. The molecule has 7 heteroatoms. The van der Waals surface area contributed by atoms with E-state index in [1.807, 2.05) is 36.4 Å². The molecule has 1 aromatic carbocycles. The maximum absolute atomic E-state index is 12.2. The highest BCUT2D eigenvalue weighted by Gasteiger charge is 2.31. The van der Waals surface area contributed by atoms with Crippen molar-refractivity contribution in [2.24, 2.45) is 0 Å². The monoisotopic (exact) mass is 312 g/mol. The van der Waals surface area contributed by atoms with Crippen LogP contribution in [-0.2, 0) is 16.1 Å². The van der Waals surface area contributed by atoms with Crippen LogP contribution in [0.15, 0.2) is 36.4 Å². The highest BCUT2D eigenvalue weighted by atomic mass is 16.2. The molecule has 0 spiro atoms. The minimum Gasteiger partial charge on any atom is -0.338 e. The quantitative estimate of drug-likeness (QED) is 0.844. The Kier molecular flexibility index (Phi) is 3.92. The lowest BCUT2D eigenvalue weighted by Gasteiger charge is -2.20. The summed E-state index contributed by atoms with van der Waals surface area (Å²) >= 11 is 0. The first kappa shape index (κ1) is 15.0. The summed E-state index contributed by atoms with van der Waals surface area (Å²) in [6.45, 7) is 0.00409. The van der Waals surface area contributed by atoms with E-state index < -0.39 is 6.03 Å². The number of hydrogen-bond acceptors (Lipinski definition) is 4. The lowest BCUT2D eigenvalue weighted by Crippen LogP contribution is -2.41. The highest BCUT2D eigenvalue weighted by Crippen LogP contribution is 2.13. The van der Waals surface area contributed by atoms with Gasteiger partial charge in [0, 0.05) is 12.4 Å². The van der Waals surface area contributed by atoms with Crippen LogP contribution in [0.25, 0.3) is 10.9 Å². The van der Waals surface area contributed by atoms with Crippen molar-refractivity contribution in [1.29, 1.82) is 0 Å². The summed E-state index contributed by atoms with van der Waals surface area (Å²) in [5.74, 6) is -0.703. The molecule has 1 aliphatic heterocycles. The van der Waals surface area contributed by atoms with Crippen molar-refractivity contribution in [2.45, 2.75) is 6.54 Å². The average molecular weight is 312 g/mol. The SMILES string of the molecule is CN(Cc1ccc2ccccc2n1)C(=O)CN1C(=O)CNC1=O. The highest BCUT2D eigenvalue weighted by molar-refractivity contribution is 6.04. The van der Waals surface area contributed by atoms with Crippen LogP contribution in [0.2, 0.25) is 0 Å². The van der Waals surface area contributed by atoms with E-state index in [-0.39, 0.29) is 24.9 Å². The molecule has 1 saturated heterocycles. The van der Waals surface area contributed by atoms with E-state index in [0.29, 0.717) is 6.54 Å². The first-order chi connectivity index (χ1) is 11.0. The summed E-state index contributed by atoms with van der Waals surface area (Å²) in [6.07, 6.45) is 0. The predicted molar refractivity (Wildman–Crippen MR) is 83.3 cm³/mol. The van der Waals surface area contributed by atoms with Gasteiger partial charge in [0.2, 0.25) is 5.91 Å². The van der Waals surface area contributed by atoms with Gasteiger partial charge in [0.25, 0.3) is 5.91 Å². The zero-order valence-electron chi connectivity index (χ0n) is 12.7. The molecule has 0 unspecified atom stereocenters. The molecule has 1 aromatic heterocycles. The summed E-state index contributed by atoms with van der Waals surface area (Å²) < 4.78 is 0. The number of likely N-dealkylation sites (N-methyl/N-ethyl adjacent to an activating group) is 1. The number of carbonyl (C=O) groups is 3. The molecule has 3 rings (SSSR count). The molecule has 4 amide bonds. The molecule has 7 nitrogen and oxygen atoms in total. The number of aromatic nitrogens is 1. The molecule has 0 atom stereocenters. The largest absolute Gasteiger partial charge is 0.338 e. The summed E-state index contributed by atoms with van der Waals surface area (Å²) in [7, 11) is 1.62. The van der Waals surface area contributed by atoms with Crippen molar-refractivity contribution >= 4 is 28.7 Å². The van der Waals surface area contributed by atoms with Crippen LogP contribution >= 0.6 is 0 Å². The van der Waals surface area contributed by atoms with Crippen molar-refractivity contribution < 1.29 is 14.4 Å². The maximum atomic E-state index is 12.2. The Hall–Kier alpha value is -2.96. The van der Waals surface area contributed by atoms with Crippen molar-refractivity contribution in [1.82, 2.24) is 20.1 Å². The molecule has 1 N–H and O–H groups in total. The normalized spacial score (nSPS) is 14.2. The van der Waals surface area contributed by atoms with Crippen molar-refractivity contribution in [3.05, 3.63) is 42.1 Å². The third kappa shape index (κ3) is 3.13. The third-order valence-electron chi connectivity index (χ3n) is 3.71. The fourth-order valence-electron chi connectivity index (χ4n) is 2.40. The number of para-hydroxylation sites is 1. The molecule has 23 heavy (non-hydrogen) atoms. The predicted octanol–water partition coefficient (Wildman–Crippen LogP) is 0.745. The molecule has 1 fully saturated rings. The third-order valence-corrected chi connectivity index (χ3v) is 3.71. The molecule has 0 bridgehead atoms. The number of amides is 4. The van der Waals surface area contributed by atoms with Crippen LogP contribution in [0.3, 0.4) is 0 Å². The number of imide groups is 1. The van der Waals surface area contributed by atoms with Crippen LogP contribution in [0.1, 0.15) is 5.69 Å². The summed E-state index contributed by atoms with van der Waals surface area (Å²) in [5, 5.41) is 3.42. The van der Waals surface area contributed by atoms with Gasteiger partial charge in [0.05, 0.1) is 24.3 Å². The Morgan fingerprint density at radius 1 is 1.26 bits per heavy atom. The van der Waals surface area contributed by atoms with Crippen molar-refractivity contribution in [3.63, 3.8) is 0 Å². The second kappa shape index (κ2) is 6.04. The Bertz CT molecular complexity index is 774. The molecule has 1 aliphatic rings. The second-order valence-corrected chi connectivity index (χ2v) is 5.38. The van der Waals surface area contributed by atoms with E-state index in [2.05, 4.69) is 10.3 Å². The molecule has 0 aliphatic carbocycles. The Balaban J connectivity index is 1.67. The Morgan fingerprint density at radius 3 is 2.78 bits per heavy atom. The number of hydrogen-bond donors (Lipinski definition) is 1. The van der Waals surface area contributed by atoms with E-state index >= 15 is 0 Å². The van der Waals surface area contributed by atoms with Gasteiger partial charge < -0.3 is 10.2 Å². The summed E-state index contributed by atoms with van der Waals surface area (Å²) in [6, 6.07) is 11.0. The minimum atomic E-state index is -0.527. The lowest BCUT2D eigenvalue weighted by molar-refractivity contribution is -0.135. The number of nitrogens with one attached hydrogen (secondary N) is 1. The van der Waals surface area contributed by atoms with Gasteiger partial charge in [0.1, 0.15) is 6.54 Å². The van der Waals surface area contributed by atoms with Crippen molar-refractivity contribution in [3.8, 4) is 0 Å². The van der Waals surface area contributed by atoms with Gasteiger partial charge in [-0.3, -0.25) is 19.5 Å². The molecule has 118 valence electrons. The van der Waals surface area contributed by atoms with Gasteiger partial charge >= 0.3 is 6.03 Å². The van der Waals surface area contributed by atoms with Crippen LogP contribution < -0.4 is 5.32 Å². The maximum Gasteiger partial charge on any atom is 0.325 e. The number of fused-ring (bicyclic) bond motifs is 1. The lowest BCUT2D eigenvalue weighted by atomic mass is 10.2. The number of urea groups is 1. The first-order valence-electron chi connectivity index (χ1n) is 7.21. The van der Waals surface area contributed by atoms with E-state index in [4.69, 9.17) is 0 Å². The number of nitrogens with zero attached hydrogens (tertiary/aromatic N) is 3. The van der Waals surface area contributed by atoms with E-state index in [1.54, 1.807) is 7.05 Å². The average Bonchev–Trinajstić information content (AvgIpc) is 2.86. The van der Waals surface area contributed by atoms with Gasteiger partial charge in [-0.05, 0) is 12.1 Å². The van der Waals surface area contributed by atoms with Gasteiger partial charge in [0.15, 0.2) is 0 Å². The van der Waals surface area contributed by atoms with Crippen LogP contribution in [0, 0.1) is 0 Å². The molecule has 2 aromatic rings. The number of pyridine rings is 1. The fourth-order valence-corrected chi connectivity index (χ4v) is 2.40. The standard InChI is InChI=1S/C16H16N4O3/c1-19(15(22)10-20-14(21)8-17-16(20)23)9-12-7-6-11-4-2-3-5-13(11)18-12/h2-7H,8-10H2,1H3,(H,17,23). The summed E-state index contributed by atoms with van der Waals surface area (Å²) in [4.78, 5) is 42.0. The first-order valence-corrected chi connectivity index (χ1v) is 7.21. The fraction of sp³-hybridized carbons (Fsp3) is 0.250. The molecule has 0 radical (unpaired) electrons. The van der Waals surface area contributed by atoms with Gasteiger partial charge in [-0.15, -0.1) is 0 Å².